The van der Waals surface area contributed by atoms with Crippen LogP contribution in [0.1, 0.15) is 22.6 Å². The number of fused-ring (bicyclic) bond motifs is 2. The summed E-state index contributed by atoms with van der Waals surface area (Å²) in [6, 6.07) is 19.8. The normalized spacial score (nSPS) is 11.6. The van der Waals surface area contributed by atoms with E-state index in [-0.39, 0.29) is 11.7 Å². The van der Waals surface area contributed by atoms with E-state index in [2.05, 4.69) is 34.2 Å². The van der Waals surface area contributed by atoms with E-state index in [4.69, 9.17) is 16.3 Å². The third-order valence-electron chi connectivity index (χ3n) is 5.47. The van der Waals surface area contributed by atoms with Crippen molar-refractivity contribution in [3.63, 3.8) is 0 Å². The van der Waals surface area contributed by atoms with Gasteiger partial charge in [-0.1, -0.05) is 48.0 Å². The molecule has 0 unspecified atom stereocenters. The fraction of sp³-hybridized carbons (Fsp3) is 0.0833. The largest absolute Gasteiger partial charge is 0.504 e. The fourth-order valence-corrected chi connectivity index (χ4v) is 4.38. The number of halogens is 1. The van der Waals surface area contributed by atoms with Crippen LogP contribution in [0.15, 0.2) is 73.1 Å². The number of methoxy groups -OCH3 is 1. The first-order valence-electron chi connectivity index (χ1n) is 9.36. The Hall–Kier alpha value is -3.37. The molecule has 3 aromatic carbocycles. The van der Waals surface area contributed by atoms with Crippen molar-refractivity contribution in [1.82, 2.24) is 9.97 Å². The summed E-state index contributed by atoms with van der Waals surface area (Å²) in [6.07, 6.45) is 4.07. The van der Waals surface area contributed by atoms with Gasteiger partial charge in [0.1, 0.15) is 0 Å². The first-order valence-corrected chi connectivity index (χ1v) is 9.73. The summed E-state index contributed by atoms with van der Waals surface area (Å²) >= 11 is 6.65. The van der Waals surface area contributed by atoms with Crippen LogP contribution in [0.4, 0.5) is 0 Å². The van der Waals surface area contributed by atoms with Crippen molar-refractivity contribution < 1.29 is 9.84 Å². The molecule has 0 saturated carbocycles. The number of para-hydroxylation sites is 2. The first-order chi connectivity index (χ1) is 14.2. The smallest absolute Gasteiger partial charge is 0.160 e. The van der Waals surface area contributed by atoms with Crippen LogP contribution in [-0.2, 0) is 0 Å². The Balaban J connectivity index is 1.83. The summed E-state index contributed by atoms with van der Waals surface area (Å²) in [5, 5.41) is 12.9. The van der Waals surface area contributed by atoms with E-state index in [1.165, 1.54) is 0 Å². The van der Waals surface area contributed by atoms with E-state index in [0.717, 1.165) is 38.5 Å². The Morgan fingerprint density at radius 3 is 1.93 bits per heavy atom. The Morgan fingerprint density at radius 1 is 0.828 bits per heavy atom. The molecule has 5 aromatic rings. The molecule has 0 aliphatic carbocycles. The lowest BCUT2D eigenvalue weighted by Gasteiger charge is -2.20. The molecule has 2 heterocycles. The number of hydrogen-bond acceptors (Lipinski definition) is 2. The Kier molecular flexibility index (Phi) is 4.22. The third kappa shape index (κ3) is 2.84. The van der Waals surface area contributed by atoms with Gasteiger partial charge >= 0.3 is 0 Å². The van der Waals surface area contributed by atoms with Gasteiger partial charge in [0.15, 0.2) is 11.5 Å². The molecule has 0 amide bonds. The van der Waals surface area contributed by atoms with Gasteiger partial charge in [0.2, 0.25) is 0 Å². The van der Waals surface area contributed by atoms with Gasteiger partial charge in [-0.25, -0.2) is 0 Å². The highest BCUT2D eigenvalue weighted by atomic mass is 35.5. The molecule has 0 fully saturated rings. The number of aromatic hydroxyl groups is 1. The van der Waals surface area contributed by atoms with Crippen molar-refractivity contribution in [1.29, 1.82) is 0 Å². The number of rotatable bonds is 4. The van der Waals surface area contributed by atoms with Gasteiger partial charge in [-0.15, -0.1) is 0 Å². The van der Waals surface area contributed by atoms with Gasteiger partial charge < -0.3 is 19.8 Å². The van der Waals surface area contributed by atoms with Crippen LogP contribution in [0.3, 0.4) is 0 Å². The van der Waals surface area contributed by atoms with Crippen molar-refractivity contribution in [2.75, 3.05) is 7.11 Å². The van der Waals surface area contributed by atoms with E-state index < -0.39 is 0 Å². The molecule has 0 saturated heterocycles. The van der Waals surface area contributed by atoms with Gasteiger partial charge in [-0.3, -0.25) is 0 Å². The average molecular weight is 403 g/mol. The van der Waals surface area contributed by atoms with Crippen molar-refractivity contribution >= 4 is 33.4 Å². The van der Waals surface area contributed by atoms with Gasteiger partial charge in [0.25, 0.3) is 0 Å². The Morgan fingerprint density at radius 2 is 1.38 bits per heavy atom. The average Bonchev–Trinajstić information content (AvgIpc) is 3.35. The number of ether oxygens (including phenoxy) is 1. The monoisotopic (exact) mass is 402 g/mol. The number of hydrogen-bond donors (Lipinski definition) is 3. The van der Waals surface area contributed by atoms with Gasteiger partial charge in [-0.05, 0) is 34.9 Å². The van der Waals surface area contributed by atoms with Crippen molar-refractivity contribution in [2.24, 2.45) is 0 Å². The number of aromatic amines is 2. The van der Waals surface area contributed by atoms with E-state index >= 15 is 0 Å². The lowest BCUT2D eigenvalue weighted by molar-refractivity contribution is 0.373. The number of H-pyrrole nitrogens is 2. The molecule has 5 heteroatoms. The highest BCUT2D eigenvalue weighted by molar-refractivity contribution is 6.31. The molecular formula is C24H19ClN2O2. The molecule has 0 bridgehead atoms. The maximum Gasteiger partial charge on any atom is 0.160 e. The maximum absolute atomic E-state index is 10.2. The quantitative estimate of drug-likeness (QED) is 0.335. The molecule has 2 aromatic heterocycles. The Labute approximate surface area is 172 Å². The minimum Gasteiger partial charge on any atom is -0.504 e. The van der Waals surface area contributed by atoms with Crippen molar-refractivity contribution in [3.05, 3.63) is 94.8 Å². The molecule has 29 heavy (non-hydrogen) atoms. The zero-order chi connectivity index (χ0) is 20.0. The second kappa shape index (κ2) is 6.90. The minimum absolute atomic E-state index is 0.0258. The van der Waals surface area contributed by atoms with E-state index in [0.29, 0.717) is 10.8 Å². The van der Waals surface area contributed by atoms with Crippen LogP contribution < -0.4 is 4.74 Å². The van der Waals surface area contributed by atoms with E-state index in [1.54, 1.807) is 13.2 Å². The second-order valence-electron chi connectivity index (χ2n) is 7.06. The highest BCUT2D eigenvalue weighted by Gasteiger charge is 2.26. The highest BCUT2D eigenvalue weighted by Crippen LogP contribution is 2.44. The minimum atomic E-state index is -0.149. The van der Waals surface area contributed by atoms with Crippen LogP contribution in [0.25, 0.3) is 21.8 Å². The first kappa shape index (κ1) is 17.7. The lowest BCUT2D eigenvalue weighted by Crippen LogP contribution is -2.04. The molecule has 5 rings (SSSR count). The predicted molar refractivity (Wildman–Crippen MR) is 117 cm³/mol. The SMILES string of the molecule is COc1cc(C(c2c[nH]c3ccccc23)c2c[nH]c3ccccc23)c(Cl)cc1O. The van der Waals surface area contributed by atoms with Gasteiger partial charge in [-0.2, -0.15) is 0 Å². The zero-order valence-electron chi connectivity index (χ0n) is 15.7. The van der Waals surface area contributed by atoms with E-state index in [9.17, 15) is 5.11 Å². The Bertz CT molecular complexity index is 1260. The number of phenolic OH excluding ortho intramolecular Hbond substituents is 1. The van der Waals surface area contributed by atoms with Crippen LogP contribution in [0.5, 0.6) is 11.5 Å². The van der Waals surface area contributed by atoms with Crippen LogP contribution in [0, 0.1) is 0 Å². The summed E-state index contributed by atoms with van der Waals surface area (Å²) in [7, 11) is 1.54. The summed E-state index contributed by atoms with van der Waals surface area (Å²) < 4.78 is 5.38. The lowest BCUT2D eigenvalue weighted by atomic mass is 9.84. The molecule has 0 aliphatic heterocycles. The second-order valence-corrected chi connectivity index (χ2v) is 7.46. The van der Waals surface area contributed by atoms with Gasteiger partial charge in [0, 0.05) is 51.2 Å². The molecule has 144 valence electrons. The van der Waals surface area contributed by atoms with Crippen LogP contribution in [0.2, 0.25) is 5.02 Å². The third-order valence-corrected chi connectivity index (χ3v) is 5.80. The molecular weight excluding hydrogens is 384 g/mol. The summed E-state index contributed by atoms with van der Waals surface area (Å²) in [5.41, 5.74) is 5.22. The number of benzene rings is 3. The standard InChI is InChI=1S/C24H19ClN2O2/c1-29-23-10-16(19(25)11-22(23)28)24(17-12-26-20-8-4-2-6-14(17)20)18-13-27-21-9-5-3-7-15(18)21/h2-13,24,26-28H,1H3. The number of aromatic nitrogens is 2. The van der Waals surface area contributed by atoms with Gasteiger partial charge in [0.05, 0.1) is 7.11 Å². The molecule has 3 N–H and O–H groups in total. The number of phenols is 1. The number of nitrogens with one attached hydrogen (secondary N) is 2. The summed E-state index contributed by atoms with van der Waals surface area (Å²) in [5.74, 6) is 0.274. The molecule has 0 radical (unpaired) electrons. The van der Waals surface area contributed by atoms with Crippen LogP contribution in [-0.4, -0.2) is 22.2 Å². The van der Waals surface area contributed by atoms with Crippen molar-refractivity contribution in [3.8, 4) is 11.5 Å². The topological polar surface area (TPSA) is 61.0 Å². The van der Waals surface area contributed by atoms with E-state index in [1.807, 2.05) is 42.7 Å². The summed E-state index contributed by atoms with van der Waals surface area (Å²) in [4.78, 5) is 6.75. The molecule has 4 nitrogen and oxygen atoms in total. The molecule has 0 spiro atoms. The maximum atomic E-state index is 10.2. The zero-order valence-corrected chi connectivity index (χ0v) is 16.5. The molecule has 0 atom stereocenters. The van der Waals surface area contributed by atoms with Crippen LogP contribution >= 0.6 is 11.6 Å². The molecule has 0 aliphatic rings. The predicted octanol–water partition coefficient (Wildman–Crippen LogP) is 6.20. The summed E-state index contributed by atoms with van der Waals surface area (Å²) in [6.45, 7) is 0. The van der Waals surface area contributed by atoms with Crippen molar-refractivity contribution in [2.45, 2.75) is 5.92 Å². The fourth-order valence-electron chi connectivity index (χ4n) is 4.11.